The van der Waals surface area contributed by atoms with Crippen molar-refractivity contribution >= 4 is 5.69 Å². The standard InChI is InChI=1S/C11H11F3N4/c1-2-18-10(16-6-17-18)7-3-8(11(12,13)14)5-9(15)4-7/h3-6H,2,15H2,1H3. The van der Waals surface area contributed by atoms with Gasteiger partial charge in [-0.3, -0.25) is 0 Å². The molecule has 0 aliphatic heterocycles. The van der Waals surface area contributed by atoms with E-state index in [0.29, 0.717) is 17.9 Å². The van der Waals surface area contributed by atoms with E-state index in [2.05, 4.69) is 10.1 Å². The molecule has 0 aliphatic carbocycles. The minimum atomic E-state index is -4.43. The predicted molar refractivity (Wildman–Crippen MR) is 60.5 cm³/mol. The Morgan fingerprint density at radius 1 is 1.28 bits per heavy atom. The molecule has 18 heavy (non-hydrogen) atoms. The summed E-state index contributed by atoms with van der Waals surface area (Å²) >= 11 is 0. The van der Waals surface area contributed by atoms with Gasteiger partial charge in [-0.15, -0.1) is 0 Å². The van der Waals surface area contributed by atoms with Crippen LogP contribution in [-0.2, 0) is 12.7 Å². The number of halogens is 3. The first-order valence-electron chi connectivity index (χ1n) is 5.27. The Bertz CT molecular complexity index is 560. The molecule has 2 N–H and O–H groups in total. The maximum Gasteiger partial charge on any atom is 0.416 e. The zero-order chi connectivity index (χ0) is 13.3. The lowest BCUT2D eigenvalue weighted by atomic mass is 10.1. The predicted octanol–water partition coefficient (Wildman–Crippen LogP) is 2.57. The Morgan fingerprint density at radius 3 is 2.61 bits per heavy atom. The first-order chi connectivity index (χ1) is 8.41. The molecule has 0 unspecified atom stereocenters. The summed E-state index contributed by atoms with van der Waals surface area (Å²) in [7, 11) is 0. The SMILES string of the molecule is CCn1ncnc1-c1cc(N)cc(C(F)(F)F)c1. The van der Waals surface area contributed by atoms with Gasteiger partial charge in [0.05, 0.1) is 5.56 Å². The van der Waals surface area contributed by atoms with Crippen molar-refractivity contribution in [3.63, 3.8) is 0 Å². The fourth-order valence-electron chi connectivity index (χ4n) is 1.66. The molecule has 0 bridgehead atoms. The van der Waals surface area contributed by atoms with Crippen molar-refractivity contribution in [1.82, 2.24) is 14.8 Å². The Kier molecular flexibility index (Phi) is 2.98. The van der Waals surface area contributed by atoms with E-state index in [0.717, 1.165) is 12.1 Å². The Balaban J connectivity index is 2.56. The van der Waals surface area contributed by atoms with E-state index in [1.54, 1.807) is 0 Å². The third-order valence-corrected chi connectivity index (χ3v) is 2.46. The number of nitrogens with two attached hydrogens (primary N) is 1. The van der Waals surface area contributed by atoms with Gasteiger partial charge in [-0.05, 0) is 25.1 Å². The summed E-state index contributed by atoms with van der Waals surface area (Å²) in [5.74, 6) is 0.371. The van der Waals surface area contributed by atoms with Crippen LogP contribution in [-0.4, -0.2) is 14.8 Å². The lowest BCUT2D eigenvalue weighted by molar-refractivity contribution is -0.137. The zero-order valence-electron chi connectivity index (χ0n) is 9.57. The molecule has 0 aliphatic rings. The molecule has 0 amide bonds. The summed E-state index contributed by atoms with van der Waals surface area (Å²) in [6, 6.07) is 3.37. The molecule has 0 atom stereocenters. The van der Waals surface area contributed by atoms with Gasteiger partial charge in [0, 0.05) is 17.8 Å². The minimum absolute atomic E-state index is 0.0467. The molecule has 1 heterocycles. The number of rotatable bonds is 2. The van der Waals surface area contributed by atoms with Crippen LogP contribution in [0.4, 0.5) is 18.9 Å². The lowest BCUT2D eigenvalue weighted by Gasteiger charge is -2.10. The van der Waals surface area contributed by atoms with E-state index in [1.165, 1.54) is 17.1 Å². The second-order valence-electron chi connectivity index (χ2n) is 3.74. The van der Waals surface area contributed by atoms with Gasteiger partial charge in [0.25, 0.3) is 0 Å². The molecular formula is C11H11F3N4. The first kappa shape index (κ1) is 12.4. The van der Waals surface area contributed by atoms with Crippen LogP contribution in [0.2, 0.25) is 0 Å². The Morgan fingerprint density at radius 2 is 2.00 bits per heavy atom. The van der Waals surface area contributed by atoms with Crippen molar-refractivity contribution in [3.05, 3.63) is 30.1 Å². The van der Waals surface area contributed by atoms with Crippen LogP contribution in [0.25, 0.3) is 11.4 Å². The molecule has 0 fully saturated rings. The summed E-state index contributed by atoms with van der Waals surface area (Å²) in [6.07, 6.45) is -3.13. The minimum Gasteiger partial charge on any atom is -0.399 e. The van der Waals surface area contributed by atoms with Crippen molar-refractivity contribution < 1.29 is 13.2 Å². The number of aromatic nitrogens is 3. The average Bonchev–Trinajstić information content (AvgIpc) is 2.74. The first-order valence-corrected chi connectivity index (χ1v) is 5.27. The summed E-state index contributed by atoms with van der Waals surface area (Å²) in [4.78, 5) is 3.95. The Hall–Kier alpha value is -2.05. The number of aryl methyl sites for hydroxylation is 1. The highest BCUT2D eigenvalue weighted by Gasteiger charge is 2.31. The number of alkyl halides is 3. The maximum atomic E-state index is 12.7. The van der Waals surface area contributed by atoms with Crippen LogP contribution in [0.1, 0.15) is 12.5 Å². The molecule has 0 saturated heterocycles. The third-order valence-electron chi connectivity index (χ3n) is 2.46. The molecule has 96 valence electrons. The monoisotopic (exact) mass is 256 g/mol. The van der Waals surface area contributed by atoms with E-state index in [4.69, 9.17) is 5.73 Å². The van der Waals surface area contributed by atoms with Gasteiger partial charge in [0.15, 0.2) is 5.82 Å². The summed E-state index contributed by atoms with van der Waals surface area (Å²) in [5, 5.41) is 3.92. The molecule has 7 heteroatoms. The summed E-state index contributed by atoms with van der Waals surface area (Å²) in [5.41, 5.74) is 5.06. The average molecular weight is 256 g/mol. The Labute approximate surface area is 101 Å². The fourth-order valence-corrected chi connectivity index (χ4v) is 1.66. The maximum absolute atomic E-state index is 12.7. The number of anilines is 1. The van der Waals surface area contributed by atoms with Gasteiger partial charge in [-0.25, -0.2) is 9.67 Å². The molecule has 0 spiro atoms. The molecule has 0 radical (unpaired) electrons. The largest absolute Gasteiger partial charge is 0.416 e. The molecule has 0 saturated carbocycles. The lowest BCUT2D eigenvalue weighted by Crippen LogP contribution is -2.07. The molecular weight excluding hydrogens is 245 g/mol. The number of benzene rings is 1. The third kappa shape index (κ3) is 2.29. The van der Waals surface area contributed by atoms with Crippen molar-refractivity contribution in [3.8, 4) is 11.4 Å². The number of hydrogen-bond donors (Lipinski definition) is 1. The molecule has 1 aromatic heterocycles. The van der Waals surface area contributed by atoms with Crippen molar-refractivity contribution in [2.75, 3.05) is 5.73 Å². The van der Waals surface area contributed by atoms with E-state index >= 15 is 0 Å². The molecule has 2 aromatic rings. The van der Waals surface area contributed by atoms with Crippen LogP contribution in [0.15, 0.2) is 24.5 Å². The van der Waals surface area contributed by atoms with Crippen LogP contribution in [0.5, 0.6) is 0 Å². The molecule has 2 rings (SSSR count). The topological polar surface area (TPSA) is 56.7 Å². The quantitative estimate of drug-likeness (QED) is 0.840. The highest BCUT2D eigenvalue weighted by atomic mass is 19.4. The van der Waals surface area contributed by atoms with Crippen molar-refractivity contribution in [2.24, 2.45) is 0 Å². The highest BCUT2D eigenvalue weighted by molar-refractivity contribution is 5.63. The number of hydrogen-bond acceptors (Lipinski definition) is 3. The van der Waals surface area contributed by atoms with Gasteiger partial charge >= 0.3 is 6.18 Å². The summed E-state index contributed by atoms with van der Waals surface area (Å²) in [6.45, 7) is 2.35. The molecule has 4 nitrogen and oxygen atoms in total. The summed E-state index contributed by atoms with van der Waals surface area (Å²) < 4.78 is 39.5. The van der Waals surface area contributed by atoms with Crippen LogP contribution in [0, 0.1) is 0 Å². The van der Waals surface area contributed by atoms with Gasteiger partial charge in [-0.1, -0.05) is 0 Å². The number of nitrogen functional groups attached to an aromatic ring is 1. The van der Waals surface area contributed by atoms with Gasteiger partial charge in [-0.2, -0.15) is 18.3 Å². The number of nitrogens with zero attached hydrogens (tertiary/aromatic N) is 3. The zero-order valence-corrected chi connectivity index (χ0v) is 9.57. The van der Waals surface area contributed by atoms with Gasteiger partial charge < -0.3 is 5.73 Å². The van der Waals surface area contributed by atoms with Crippen molar-refractivity contribution in [1.29, 1.82) is 0 Å². The van der Waals surface area contributed by atoms with Crippen LogP contribution in [0.3, 0.4) is 0 Å². The van der Waals surface area contributed by atoms with Gasteiger partial charge in [0.1, 0.15) is 6.33 Å². The normalized spacial score (nSPS) is 11.8. The van der Waals surface area contributed by atoms with Crippen LogP contribution < -0.4 is 5.73 Å². The van der Waals surface area contributed by atoms with Gasteiger partial charge in [0.2, 0.25) is 0 Å². The highest BCUT2D eigenvalue weighted by Crippen LogP contribution is 2.33. The second kappa shape index (κ2) is 4.32. The van der Waals surface area contributed by atoms with E-state index in [9.17, 15) is 13.2 Å². The molecule has 1 aromatic carbocycles. The second-order valence-corrected chi connectivity index (χ2v) is 3.74. The van der Waals surface area contributed by atoms with Crippen LogP contribution >= 0.6 is 0 Å². The fraction of sp³-hybridized carbons (Fsp3) is 0.273. The van der Waals surface area contributed by atoms with E-state index in [1.807, 2.05) is 6.92 Å². The van der Waals surface area contributed by atoms with E-state index < -0.39 is 11.7 Å². The smallest absolute Gasteiger partial charge is 0.399 e. The van der Waals surface area contributed by atoms with E-state index in [-0.39, 0.29) is 5.69 Å². The van der Waals surface area contributed by atoms with Crippen molar-refractivity contribution in [2.45, 2.75) is 19.6 Å².